The van der Waals surface area contributed by atoms with E-state index in [2.05, 4.69) is 0 Å². The van der Waals surface area contributed by atoms with Crippen molar-refractivity contribution < 1.29 is 13.2 Å². The third-order valence-electron chi connectivity index (χ3n) is 2.96. The summed E-state index contributed by atoms with van der Waals surface area (Å²) in [5.74, 6) is -0.642. The van der Waals surface area contributed by atoms with Crippen LogP contribution in [0.1, 0.15) is 5.56 Å². The van der Waals surface area contributed by atoms with Crippen LogP contribution in [0.3, 0.4) is 0 Å². The van der Waals surface area contributed by atoms with Gasteiger partial charge in [-0.1, -0.05) is 18.2 Å². The maximum atomic E-state index is 12.3. The normalized spacial score (nSPS) is 19.1. The van der Waals surface area contributed by atoms with Crippen LogP contribution in [0.25, 0.3) is 0 Å². The highest BCUT2D eigenvalue weighted by atomic mass is 32.2. The van der Waals surface area contributed by atoms with Crippen molar-refractivity contribution in [3.63, 3.8) is 0 Å². The second-order valence-corrected chi connectivity index (χ2v) is 6.36. The Kier molecular flexibility index (Phi) is 3.04. The first-order valence-electron chi connectivity index (χ1n) is 5.45. The zero-order valence-electron chi connectivity index (χ0n) is 10.2. The minimum atomic E-state index is -3.72. The quantitative estimate of drug-likeness (QED) is 0.818. The number of nitrogens with two attached hydrogens (primary N) is 1. The average Bonchev–Trinajstić information content (AvgIpc) is 2.68. The number of carbonyl (C=O) groups excluding carboxylic acids is 1. The fourth-order valence-corrected chi connectivity index (χ4v) is 3.31. The Morgan fingerprint density at radius 3 is 2.56 bits per heavy atom. The number of amides is 1. The second-order valence-electron chi connectivity index (χ2n) is 4.34. The van der Waals surface area contributed by atoms with Crippen LogP contribution in [0.5, 0.6) is 0 Å². The van der Waals surface area contributed by atoms with E-state index >= 15 is 0 Å². The number of primary amides is 1. The SMILES string of the molecule is CN(C)S(=O)(=O)N1c2ccccc2CC1C(N)=O. The van der Waals surface area contributed by atoms with Gasteiger partial charge >= 0.3 is 10.2 Å². The summed E-state index contributed by atoms with van der Waals surface area (Å²) in [7, 11) is -0.869. The molecule has 0 bridgehead atoms. The van der Waals surface area contributed by atoms with Crippen LogP contribution in [-0.4, -0.2) is 38.8 Å². The predicted octanol–water partition coefficient (Wildman–Crippen LogP) is -0.291. The number of fused-ring (bicyclic) bond motifs is 1. The molecular weight excluding hydrogens is 254 g/mol. The number of benzene rings is 1. The number of anilines is 1. The molecule has 1 aliphatic heterocycles. The van der Waals surface area contributed by atoms with Crippen LogP contribution in [0.4, 0.5) is 5.69 Å². The molecule has 6 nitrogen and oxygen atoms in total. The van der Waals surface area contributed by atoms with Gasteiger partial charge in [-0.15, -0.1) is 0 Å². The van der Waals surface area contributed by atoms with Gasteiger partial charge in [-0.2, -0.15) is 12.7 Å². The largest absolute Gasteiger partial charge is 0.368 e. The molecule has 0 aliphatic carbocycles. The Labute approximate surface area is 106 Å². The molecule has 1 heterocycles. The Morgan fingerprint density at radius 1 is 1.39 bits per heavy atom. The third kappa shape index (κ3) is 1.85. The van der Waals surface area contributed by atoms with Crippen LogP contribution >= 0.6 is 0 Å². The fourth-order valence-electron chi connectivity index (χ4n) is 2.03. The maximum Gasteiger partial charge on any atom is 0.304 e. The molecule has 1 unspecified atom stereocenters. The first-order valence-corrected chi connectivity index (χ1v) is 6.84. The van der Waals surface area contributed by atoms with Crippen molar-refractivity contribution in [1.82, 2.24) is 4.31 Å². The van der Waals surface area contributed by atoms with E-state index in [-0.39, 0.29) is 0 Å². The second kappa shape index (κ2) is 4.25. The van der Waals surface area contributed by atoms with Gasteiger partial charge in [0.2, 0.25) is 5.91 Å². The van der Waals surface area contributed by atoms with Crippen molar-refractivity contribution in [1.29, 1.82) is 0 Å². The summed E-state index contributed by atoms with van der Waals surface area (Å²) in [6.07, 6.45) is 0.318. The Morgan fingerprint density at radius 2 is 2.00 bits per heavy atom. The van der Waals surface area contributed by atoms with Crippen molar-refractivity contribution in [2.75, 3.05) is 18.4 Å². The zero-order valence-corrected chi connectivity index (χ0v) is 11.0. The van der Waals surface area contributed by atoms with Crippen molar-refractivity contribution in [2.45, 2.75) is 12.5 Å². The highest BCUT2D eigenvalue weighted by Gasteiger charge is 2.41. The number of hydrogen-bond acceptors (Lipinski definition) is 3. The van der Waals surface area contributed by atoms with E-state index in [1.165, 1.54) is 14.1 Å². The first-order chi connectivity index (χ1) is 8.35. The molecule has 1 amide bonds. The third-order valence-corrected chi connectivity index (χ3v) is 4.84. The molecule has 98 valence electrons. The minimum Gasteiger partial charge on any atom is -0.368 e. The fraction of sp³-hybridized carbons (Fsp3) is 0.364. The van der Waals surface area contributed by atoms with E-state index in [0.717, 1.165) is 14.2 Å². The van der Waals surface area contributed by atoms with Gasteiger partial charge in [0, 0.05) is 20.5 Å². The van der Waals surface area contributed by atoms with Crippen LogP contribution in [0.15, 0.2) is 24.3 Å². The topological polar surface area (TPSA) is 83.7 Å². The highest BCUT2D eigenvalue weighted by Crippen LogP contribution is 2.34. The standard InChI is InChI=1S/C11H15N3O3S/c1-13(2)18(16,17)14-9-6-4-3-5-8(9)7-10(14)11(12)15/h3-6,10H,7H2,1-2H3,(H2,12,15). The highest BCUT2D eigenvalue weighted by molar-refractivity contribution is 7.90. The monoisotopic (exact) mass is 269 g/mol. The van der Waals surface area contributed by atoms with E-state index < -0.39 is 22.2 Å². The lowest BCUT2D eigenvalue weighted by Gasteiger charge is -2.27. The number of para-hydroxylation sites is 1. The van der Waals surface area contributed by atoms with Crippen LogP contribution < -0.4 is 10.0 Å². The van der Waals surface area contributed by atoms with Crippen molar-refractivity contribution >= 4 is 21.8 Å². The van der Waals surface area contributed by atoms with Crippen LogP contribution in [0, 0.1) is 0 Å². The smallest absolute Gasteiger partial charge is 0.304 e. The summed E-state index contributed by atoms with van der Waals surface area (Å²) in [5, 5.41) is 0. The Hall–Kier alpha value is -1.60. The number of nitrogens with zero attached hydrogens (tertiary/aromatic N) is 2. The average molecular weight is 269 g/mol. The lowest BCUT2D eigenvalue weighted by molar-refractivity contribution is -0.118. The molecule has 1 aromatic rings. The van der Waals surface area contributed by atoms with Crippen molar-refractivity contribution in [3.8, 4) is 0 Å². The van der Waals surface area contributed by atoms with E-state index in [4.69, 9.17) is 5.73 Å². The van der Waals surface area contributed by atoms with Gasteiger partial charge in [-0.3, -0.25) is 4.79 Å². The molecule has 18 heavy (non-hydrogen) atoms. The van der Waals surface area contributed by atoms with Gasteiger partial charge < -0.3 is 5.73 Å². The molecule has 0 radical (unpaired) electrons. The molecule has 0 saturated carbocycles. The van der Waals surface area contributed by atoms with Crippen LogP contribution in [0.2, 0.25) is 0 Å². The van der Waals surface area contributed by atoms with Crippen molar-refractivity contribution in [2.24, 2.45) is 5.73 Å². The molecule has 0 spiro atoms. The molecule has 0 fully saturated rings. The minimum absolute atomic E-state index is 0.318. The first kappa shape index (κ1) is 12.8. The summed E-state index contributed by atoms with van der Waals surface area (Å²) in [4.78, 5) is 11.4. The summed E-state index contributed by atoms with van der Waals surface area (Å²) in [5.41, 5.74) is 6.64. The summed E-state index contributed by atoms with van der Waals surface area (Å²) in [6, 6.07) is 6.17. The zero-order chi connectivity index (χ0) is 13.5. The number of carbonyl (C=O) groups is 1. The summed E-state index contributed by atoms with van der Waals surface area (Å²) >= 11 is 0. The number of rotatable bonds is 3. The molecule has 2 N–H and O–H groups in total. The van der Waals surface area contributed by atoms with Gasteiger partial charge in [0.25, 0.3) is 0 Å². The van der Waals surface area contributed by atoms with Crippen molar-refractivity contribution in [3.05, 3.63) is 29.8 Å². The molecule has 2 rings (SSSR count). The Bertz CT molecular complexity index is 583. The molecule has 0 aromatic heterocycles. The molecular formula is C11H15N3O3S. The lowest BCUT2D eigenvalue weighted by atomic mass is 10.1. The summed E-state index contributed by atoms with van der Waals surface area (Å²) < 4.78 is 26.7. The van der Waals surface area contributed by atoms with E-state index in [9.17, 15) is 13.2 Å². The number of hydrogen-bond donors (Lipinski definition) is 1. The predicted molar refractivity (Wildman–Crippen MR) is 68.2 cm³/mol. The molecule has 0 saturated heterocycles. The van der Waals surface area contributed by atoms with Gasteiger partial charge in [-0.25, -0.2) is 4.31 Å². The van der Waals surface area contributed by atoms with E-state index in [0.29, 0.717) is 12.1 Å². The van der Waals surface area contributed by atoms with Gasteiger partial charge in [0.1, 0.15) is 6.04 Å². The summed E-state index contributed by atoms with van der Waals surface area (Å²) in [6.45, 7) is 0. The molecule has 1 aromatic carbocycles. The van der Waals surface area contributed by atoms with E-state index in [1.807, 2.05) is 6.07 Å². The molecule has 1 aliphatic rings. The van der Waals surface area contributed by atoms with Gasteiger partial charge in [-0.05, 0) is 11.6 Å². The molecule has 7 heteroatoms. The molecule has 1 atom stereocenters. The Balaban J connectivity index is 2.57. The van der Waals surface area contributed by atoms with Crippen LogP contribution in [-0.2, 0) is 21.4 Å². The maximum absolute atomic E-state index is 12.3. The van der Waals surface area contributed by atoms with Gasteiger partial charge in [0.15, 0.2) is 0 Å². The lowest BCUT2D eigenvalue weighted by Crippen LogP contribution is -2.50. The van der Waals surface area contributed by atoms with E-state index in [1.54, 1.807) is 18.2 Å². The van der Waals surface area contributed by atoms with Gasteiger partial charge in [0.05, 0.1) is 5.69 Å².